The molecule has 0 amide bonds. The number of sulfonamides is 1. The lowest BCUT2D eigenvalue weighted by Gasteiger charge is -2.10. The molecule has 0 fully saturated rings. The number of pyridine rings is 2. The van der Waals surface area contributed by atoms with E-state index in [1.54, 1.807) is 0 Å². The maximum absolute atomic E-state index is 12.2. The van der Waals surface area contributed by atoms with Crippen LogP contribution in [0.5, 0.6) is 5.88 Å². The Kier molecular flexibility index (Phi) is 4.32. The molecule has 106 valence electrons. The molecule has 0 radical (unpaired) electrons. The van der Waals surface area contributed by atoms with Crippen molar-refractivity contribution in [3.63, 3.8) is 0 Å². The molecule has 0 aliphatic carbocycles. The van der Waals surface area contributed by atoms with E-state index in [1.807, 2.05) is 0 Å². The molecule has 0 spiro atoms. The number of hydrogen-bond donors (Lipinski definition) is 1. The first-order valence-electron chi connectivity index (χ1n) is 5.27. The Labute approximate surface area is 125 Å². The minimum Gasteiger partial charge on any atom is -0.481 e. The van der Waals surface area contributed by atoms with Gasteiger partial charge in [0.1, 0.15) is 4.90 Å². The Morgan fingerprint density at radius 2 is 1.95 bits per heavy atom. The lowest BCUT2D eigenvalue weighted by atomic mass is 10.4. The molecule has 0 unspecified atom stereocenters. The topological polar surface area (TPSA) is 81.2 Å². The highest BCUT2D eigenvalue weighted by Gasteiger charge is 2.22. The van der Waals surface area contributed by atoms with Crippen LogP contribution < -0.4 is 9.46 Å². The standard InChI is InChI=1S/C11H9Cl2N3O3S/c1-19-9-3-2-7(6-15-9)16-20(17,18)10-8(12)4-5-14-11(10)13/h2-6,16H,1H3. The molecule has 0 aromatic carbocycles. The first-order chi connectivity index (χ1) is 9.44. The summed E-state index contributed by atoms with van der Waals surface area (Å²) in [7, 11) is -2.49. The fourth-order valence-electron chi connectivity index (χ4n) is 1.41. The minimum atomic E-state index is -3.95. The Balaban J connectivity index is 2.35. The van der Waals surface area contributed by atoms with Crippen molar-refractivity contribution < 1.29 is 13.2 Å². The number of ether oxygens (including phenoxy) is 1. The number of nitrogens with one attached hydrogen (secondary N) is 1. The molecule has 0 bridgehead atoms. The summed E-state index contributed by atoms with van der Waals surface area (Å²) < 4.78 is 31.6. The van der Waals surface area contributed by atoms with E-state index in [0.29, 0.717) is 5.88 Å². The zero-order valence-electron chi connectivity index (χ0n) is 10.2. The summed E-state index contributed by atoms with van der Waals surface area (Å²) in [6.45, 7) is 0. The van der Waals surface area contributed by atoms with Crippen LogP contribution in [0.25, 0.3) is 0 Å². The molecule has 6 nitrogen and oxygen atoms in total. The Morgan fingerprint density at radius 3 is 2.50 bits per heavy atom. The van der Waals surface area contributed by atoms with Gasteiger partial charge in [-0.3, -0.25) is 4.72 Å². The Hall–Kier alpha value is -1.57. The Morgan fingerprint density at radius 1 is 1.20 bits per heavy atom. The fraction of sp³-hybridized carbons (Fsp3) is 0.0909. The highest BCUT2D eigenvalue weighted by molar-refractivity contribution is 7.93. The molecule has 1 N–H and O–H groups in total. The molecule has 2 aromatic rings. The normalized spacial score (nSPS) is 11.2. The van der Waals surface area contributed by atoms with Crippen LogP contribution in [0.15, 0.2) is 35.5 Å². The van der Waals surface area contributed by atoms with Crippen LogP contribution in [0, 0.1) is 0 Å². The summed E-state index contributed by atoms with van der Waals surface area (Å²) in [5, 5.41) is -0.217. The molecule has 0 atom stereocenters. The van der Waals surface area contributed by atoms with Crippen molar-refractivity contribution in [1.29, 1.82) is 0 Å². The average Bonchev–Trinajstić information content (AvgIpc) is 2.38. The number of aromatic nitrogens is 2. The SMILES string of the molecule is COc1ccc(NS(=O)(=O)c2c(Cl)ccnc2Cl)cn1. The Bertz CT molecular complexity index is 700. The van der Waals surface area contributed by atoms with E-state index in [1.165, 1.54) is 37.7 Å². The number of anilines is 1. The lowest BCUT2D eigenvalue weighted by Crippen LogP contribution is -2.14. The van der Waals surface area contributed by atoms with Crippen molar-refractivity contribution in [3.8, 4) is 5.88 Å². The summed E-state index contributed by atoms with van der Waals surface area (Å²) in [6, 6.07) is 4.36. The average molecular weight is 334 g/mol. The number of halogens is 2. The van der Waals surface area contributed by atoms with Gasteiger partial charge in [-0.05, 0) is 12.1 Å². The van der Waals surface area contributed by atoms with Crippen molar-refractivity contribution >= 4 is 38.9 Å². The predicted molar refractivity (Wildman–Crippen MR) is 75.9 cm³/mol. The highest BCUT2D eigenvalue weighted by Crippen LogP contribution is 2.28. The van der Waals surface area contributed by atoms with E-state index >= 15 is 0 Å². The van der Waals surface area contributed by atoms with Gasteiger partial charge in [-0.1, -0.05) is 23.2 Å². The zero-order chi connectivity index (χ0) is 14.8. The summed E-state index contributed by atoms with van der Waals surface area (Å²) in [5.74, 6) is 0.366. The highest BCUT2D eigenvalue weighted by atomic mass is 35.5. The molecular weight excluding hydrogens is 325 g/mol. The van der Waals surface area contributed by atoms with E-state index in [9.17, 15) is 8.42 Å². The van der Waals surface area contributed by atoms with Crippen molar-refractivity contribution in [3.05, 3.63) is 40.8 Å². The van der Waals surface area contributed by atoms with Crippen molar-refractivity contribution in [2.24, 2.45) is 0 Å². The second-order valence-corrected chi connectivity index (χ2v) is 5.99. The summed E-state index contributed by atoms with van der Waals surface area (Å²) in [5.41, 5.74) is 0.252. The van der Waals surface area contributed by atoms with Crippen molar-refractivity contribution in [2.45, 2.75) is 4.90 Å². The van der Waals surface area contributed by atoms with Gasteiger partial charge in [0, 0.05) is 12.3 Å². The molecule has 0 aliphatic heterocycles. The molecule has 2 aromatic heterocycles. The maximum atomic E-state index is 12.2. The van der Waals surface area contributed by atoms with Crippen molar-refractivity contribution in [2.75, 3.05) is 11.8 Å². The number of methoxy groups -OCH3 is 1. The van der Waals surface area contributed by atoms with Crippen LogP contribution in [0.3, 0.4) is 0 Å². The molecule has 0 aliphatic rings. The number of rotatable bonds is 4. The second-order valence-electron chi connectivity index (χ2n) is 3.61. The fourth-order valence-corrected chi connectivity index (χ4v) is 3.50. The quantitative estimate of drug-likeness (QED) is 0.869. The van der Waals surface area contributed by atoms with Crippen LogP contribution in [0.2, 0.25) is 10.2 Å². The van der Waals surface area contributed by atoms with Crippen LogP contribution >= 0.6 is 23.2 Å². The van der Waals surface area contributed by atoms with Gasteiger partial charge in [-0.15, -0.1) is 0 Å². The molecule has 2 rings (SSSR count). The lowest BCUT2D eigenvalue weighted by molar-refractivity contribution is 0.398. The summed E-state index contributed by atoms with van der Waals surface area (Å²) in [6.07, 6.45) is 2.63. The predicted octanol–water partition coefficient (Wildman–Crippen LogP) is 2.59. The van der Waals surface area contributed by atoms with E-state index in [2.05, 4.69) is 14.7 Å². The molecule has 0 saturated carbocycles. The summed E-state index contributed by atoms with van der Waals surface area (Å²) >= 11 is 11.6. The van der Waals surface area contributed by atoms with Crippen LogP contribution in [-0.4, -0.2) is 25.5 Å². The van der Waals surface area contributed by atoms with Crippen LogP contribution in [0.4, 0.5) is 5.69 Å². The minimum absolute atomic E-state index is 0.0148. The maximum Gasteiger partial charge on any atom is 0.266 e. The van der Waals surface area contributed by atoms with Gasteiger partial charge in [0.25, 0.3) is 10.0 Å². The molecule has 2 heterocycles. The van der Waals surface area contributed by atoms with Gasteiger partial charge >= 0.3 is 0 Å². The van der Waals surface area contributed by atoms with Crippen molar-refractivity contribution in [1.82, 2.24) is 9.97 Å². The monoisotopic (exact) mass is 333 g/mol. The largest absolute Gasteiger partial charge is 0.481 e. The van der Waals surface area contributed by atoms with E-state index in [4.69, 9.17) is 27.9 Å². The smallest absolute Gasteiger partial charge is 0.266 e. The van der Waals surface area contributed by atoms with Gasteiger partial charge in [-0.2, -0.15) is 0 Å². The third-order valence-corrected chi connectivity index (χ3v) is 4.56. The number of hydrogen-bond acceptors (Lipinski definition) is 5. The van der Waals surface area contributed by atoms with Gasteiger partial charge in [0.05, 0.1) is 24.0 Å². The van der Waals surface area contributed by atoms with Gasteiger partial charge in [0.2, 0.25) is 5.88 Å². The van der Waals surface area contributed by atoms with Crippen LogP contribution in [0.1, 0.15) is 0 Å². The van der Waals surface area contributed by atoms with Gasteiger partial charge in [0.15, 0.2) is 5.15 Å². The number of nitrogens with zero attached hydrogens (tertiary/aromatic N) is 2. The van der Waals surface area contributed by atoms with E-state index in [-0.39, 0.29) is 20.8 Å². The molecule has 0 saturated heterocycles. The zero-order valence-corrected chi connectivity index (χ0v) is 12.5. The van der Waals surface area contributed by atoms with Gasteiger partial charge in [-0.25, -0.2) is 18.4 Å². The van der Waals surface area contributed by atoms with E-state index in [0.717, 1.165) is 0 Å². The first-order valence-corrected chi connectivity index (χ1v) is 7.51. The molecule has 20 heavy (non-hydrogen) atoms. The third-order valence-electron chi connectivity index (χ3n) is 2.28. The van der Waals surface area contributed by atoms with Crippen LogP contribution in [-0.2, 0) is 10.0 Å². The molecule has 9 heteroatoms. The van der Waals surface area contributed by atoms with Gasteiger partial charge < -0.3 is 4.74 Å². The first kappa shape index (κ1) is 14.8. The third kappa shape index (κ3) is 3.12. The second kappa shape index (κ2) is 5.82. The summed E-state index contributed by atoms with van der Waals surface area (Å²) in [4.78, 5) is 7.31. The molecular formula is C11H9Cl2N3O3S. The van der Waals surface area contributed by atoms with E-state index < -0.39 is 10.0 Å².